The smallest absolute Gasteiger partial charge is 0.407 e. The van der Waals surface area contributed by atoms with Crippen molar-refractivity contribution in [1.29, 1.82) is 0 Å². The van der Waals surface area contributed by atoms with Crippen molar-refractivity contribution in [3.63, 3.8) is 0 Å². The van der Waals surface area contributed by atoms with Gasteiger partial charge in [-0.1, -0.05) is 35.2 Å². The number of ether oxygens (including phenoxy) is 1. The van der Waals surface area contributed by atoms with Crippen LogP contribution in [0.5, 0.6) is 0 Å². The number of thioether (sulfide) groups is 2. The number of hydrogen-bond donors (Lipinski definition) is 4. The third-order valence-corrected chi connectivity index (χ3v) is 10.1. The summed E-state index contributed by atoms with van der Waals surface area (Å²) < 4.78 is 5.91. The number of carbonyl (C=O) groups excluding carboxylic acids is 4. The topological polar surface area (TPSA) is 214 Å². The second-order valence-electron chi connectivity index (χ2n) is 10.4. The summed E-state index contributed by atoms with van der Waals surface area (Å²) in [7, 11) is 0. The van der Waals surface area contributed by atoms with Crippen LogP contribution in [0.4, 0.5) is 9.93 Å². The molecule has 4 amide bonds. The van der Waals surface area contributed by atoms with Crippen LogP contribution in [0.25, 0.3) is 0 Å². The van der Waals surface area contributed by atoms with Crippen LogP contribution in [0.15, 0.2) is 31.7 Å². The van der Waals surface area contributed by atoms with E-state index in [0.29, 0.717) is 34.2 Å². The summed E-state index contributed by atoms with van der Waals surface area (Å²) in [6.45, 7) is 7.01. The van der Waals surface area contributed by atoms with Gasteiger partial charge in [-0.2, -0.15) is 0 Å². The molecule has 0 aliphatic carbocycles. The van der Waals surface area contributed by atoms with Gasteiger partial charge in [0.25, 0.3) is 11.8 Å². The fourth-order valence-electron chi connectivity index (χ4n) is 3.98. The zero-order valence-electron chi connectivity index (χ0n) is 24.5. The number of fused-ring (bicyclic) bond motifs is 1. The van der Waals surface area contributed by atoms with Gasteiger partial charge < -0.3 is 30.6 Å². The maximum atomic E-state index is 13.5. The number of amides is 4. The average molecular weight is 699 g/mol. The molecule has 2 unspecified atom stereocenters. The number of β-lactam (4-membered cyclic amide) rings is 1. The Balaban J connectivity index is 1.48. The zero-order chi connectivity index (χ0) is 32.7. The van der Waals surface area contributed by atoms with E-state index >= 15 is 0 Å². The number of aliphatic carboxylic acids is 1. The maximum absolute atomic E-state index is 13.5. The van der Waals surface area contributed by atoms with Gasteiger partial charge in [-0.05, 0) is 32.8 Å². The predicted octanol–water partition coefficient (Wildman–Crippen LogP) is 2.12. The summed E-state index contributed by atoms with van der Waals surface area (Å²) in [5, 5.41) is 30.3. The highest BCUT2D eigenvalue weighted by molar-refractivity contribution is 8.01. The second kappa shape index (κ2) is 15.0. The van der Waals surface area contributed by atoms with E-state index in [9.17, 15) is 29.1 Å². The molecule has 2 aliphatic rings. The number of carboxylic acids is 1. The fourth-order valence-corrected chi connectivity index (χ4v) is 7.61. The van der Waals surface area contributed by atoms with Gasteiger partial charge in [-0.25, -0.2) is 14.6 Å². The van der Waals surface area contributed by atoms with Gasteiger partial charge in [0, 0.05) is 16.9 Å². The van der Waals surface area contributed by atoms with Gasteiger partial charge >= 0.3 is 12.1 Å². The van der Waals surface area contributed by atoms with Crippen LogP contribution in [0.2, 0.25) is 0 Å². The van der Waals surface area contributed by atoms with E-state index in [2.05, 4.69) is 36.3 Å². The molecule has 0 bridgehead atoms. The van der Waals surface area contributed by atoms with Crippen LogP contribution in [0, 0.1) is 0 Å². The SMILES string of the molecule is CCC(CNC(=O)OC(C)(C)C)O/N=C(/C(=O)NC1C(=O)N2C(C(=O)O)=C(CSc3nncs3)CS[C@H]12)c1csc(NC=O)n1. The minimum Gasteiger partial charge on any atom is -0.477 e. The Labute approximate surface area is 273 Å². The molecule has 0 spiro atoms. The van der Waals surface area contributed by atoms with E-state index in [1.54, 1.807) is 33.2 Å². The zero-order valence-corrected chi connectivity index (χ0v) is 27.7. The molecule has 20 heteroatoms. The van der Waals surface area contributed by atoms with Crippen molar-refractivity contribution in [2.75, 3.05) is 23.4 Å². The van der Waals surface area contributed by atoms with Crippen molar-refractivity contribution in [2.45, 2.75) is 61.6 Å². The highest BCUT2D eigenvalue weighted by atomic mass is 32.2. The summed E-state index contributed by atoms with van der Waals surface area (Å²) >= 11 is 5.02. The third-order valence-electron chi connectivity index (χ3n) is 6.01. The normalized spacial score (nSPS) is 18.8. The lowest BCUT2D eigenvalue weighted by Gasteiger charge is -2.49. The largest absolute Gasteiger partial charge is 0.477 e. The predicted molar refractivity (Wildman–Crippen MR) is 168 cm³/mol. The van der Waals surface area contributed by atoms with Crippen LogP contribution in [-0.2, 0) is 28.8 Å². The van der Waals surface area contributed by atoms with Gasteiger partial charge in [0.1, 0.15) is 40.0 Å². The molecule has 2 aliphatic heterocycles. The Kier molecular flexibility index (Phi) is 11.4. The lowest BCUT2D eigenvalue weighted by molar-refractivity contribution is -0.150. The molecule has 16 nitrogen and oxygen atoms in total. The highest BCUT2D eigenvalue weighted by Gasteiger charge is 2.54. The minimum absolute atomic E-state index is 0.0254. The molecule has 4 heterocycles. The van der Waals surface area contributed by atoms with E-state index in [1.807, 2.05) is 0 Å². The number of alkyl carbamates (subject to hydrolysis) is 1. The van der Waals surface area contributed by atoms with Gasteiger partial charge in [0.2, 0.25) is 6.41 Å². The number of nitrogens with zero attached hydrogens (tertiary/aromatic N) is 5. The number of aromatic nitrogens is 3. The number of carbonyl (C=O) groups is 5. The van der Waals surface area contributed by atoms with Crippen LogP contribution in [0.1, 0.15) is 39.8 Å². The molecule has 1 fully saturated rings. The number of rotatable bonds is 14. The first-order chi connectivity index (χ1) is 21.4. The molecule has 242 valence electrons. The highest BCUT2D eigenvalue weighted by Crippen LogP contribution is 2.41. The Morgan fingerprint density at radius 2 is 2.09 bits per heavy atom. The molecule has 45 heavy (non-hydrogen) atoms. The van der Waals surface area contributed by atoms with Crippen LogP contribution >= 0.6 is 46.2 Å². The van der Waals surface area contributed by atoms with E-state index in [1.165, 1.54) is 45.1 Å². The van der Waals surface area contributed by atoms with Crippen LogP contribution in [0.3, 0.4) is 0 Å². The van der Waals surface area contributed by atoms with Crippen molar-refractivity contribution in [3.05, 3.63) is 27.9 Å². The van der Waals surface area contributed by atoms with Crippen molar-refractivity contribution >= 4 is 87.3 Å². The number of anilines is 1. The Hall–Kier alpha value is -3.75. The Morgan fingerprint density at radius 3 is 2.73 bits per heavy atom. The average Bonchev–Trinajstić information content (AvgIpc) is 3.67. The molecule has 0 radical (unpaired) electrons. The van der Waals surface area contributed by atoms with Gasteiger partial charge in [-0.3, -0.25) is 19.3 Å². The van der Waals surface area contributed by atoms with Crippen molar-refractivity contribution in [2.24, 2.45) is 5.16 Å². The maximum Gasteiger partial charge on any atom is 0.407 e. The monoisotopic (exact) mass is 698 g/mol. The number of thiazole rings is 1. The van der Waals surface area contributed by atoms with Crippen LogP contribution < -0.4 is 16.0 Å². The molecule has 2 aromatic heterocycles. The Bertz CT molecular complexity index is 1490. The van der Waals surface area contributed by atoms with E-state index in [0.717, 1.165) is 11.3 Å². The Morgan fingerprint density at radius 1 is 1.31 bits per heavy atom. The number of oxime groups is 1. The minimum atomic E-state index is -1.25. The third kappa shape index (κ3) is 8.70. The van der Waals surface area contributed by atoms with Crippen molar-refractivity contribution in [3.8, 4) is 0 Å². The summed E-state index contributed by atoms with van der Waals surface area (Å²) in [6.07, 6.45) is -0.463. The molecular formula is C25H30N8O8S4. The van der Waals surface area contributed by atoms with Gasteiger partial charge in [0.05, 0.1) is 6.54 Å². The molecule has 4 rings (SSSR count). The van der Waals surface area contributed by atoms with Gasteiger partial charge in [-0.15, -0.1) is 33.3 Å². The summed E-state index contributed by atoms with van der Waals surface area (Å²) in [4.78, 5) is 72.9. The first-order valence-electron chi connectivity index (χ1n) is 13.4. The lowest BCUT2D eigenvalue weighted by atomic mass is 10.0. The molecule has 3 atom stereocenters. The van der Waals surface area contributed by atoms with Crippen LogP contribution in [-0.4, -0.2) is 102 Å². The molecular weight excluding hydrogens is 669 g/mol. The standard InChI is InChI=1S/C25H30N8O8S4/c1-5-13(6-26-23(39)40-25(2,3)4)41-32-15(14-9-43-22(29-14)27-10-34)18(35)30-16-19(36)33-17(21(37)38)12(7-42-20(16)33)8-44-24-31-28-11-45-24/h9-11,13,16,20H,5-8H2,1-4H3,(H,26,39)(H,30,35)(H,37,38)(H,27,29,34)/b32-15+/t13?,16?,20-/m1/s1. The van der Waals surface area contributed by atoms with E-state index < -0.39 is 47.0 Å². The van der Waals surface area contributed by atoms with E-state index in [4.69, 9.17) is 9.57 Å². The summed E-state index contributed by atoms with van der Waals surface area (Å²) in [5.41, 5.74) is 1.11. The molecule has 0 saturated carbocycles. The second-order valence-corrected chi connectivity index (χ2v) is 14.4. The number of carboxylic acid groups (broad SMARTS) is 1. The first-order valence-corrected chi connectivity index (χ1v) is 17.2. The summed E-state index contributed by atoms with van der Waals surface area (Å²) in [6, 6.07) is -1.04. The fraction of sp³-hybridized carbons (Fsp3) is 0.480. The van der Waals surface area contributed by atoms with E-state index in [-0.39, 0.29) is 28.8 Å². The van der Waals surface area contributed by atoms with Crippen molar-refractivity contribution in [1.82, 2.24) is 30.7 Å². The molecule has 2 aromatic rings. The first kappa shape index (κ1) is 34.1. The van der Waals surface area contributed by atoms with Gasteiger partial charge in [0.15, 0.2) is 15.2 Å². The molecule has 1 saturated heterocycles. The molecule has 4 N–H and O–H groups in total. The number of nitrogens with one attached hydrogen (secondary N) is 3. The van der Waals surface area contributed by atoms with Crippen molar-refractivity contribution < 1.29 is 38.7 Å². The summed E-state index contributed by atoms with van der Waals surface area (Å²) in [5.74, 6) is -2.00. The molecule has 0 aromatic carbocycles. The lowest BCUT2D eigenvalue weighted by Crippen LogP contribution is -2.71. The number of hydrogen-bond acceptors (Lipinski definition) is 15. The quantitative estimate of drug-likeness (QED) is 0.0732.